The van der Waals surface area contributed by atoms with E-state index in [-0.39, 0.29) is 0 Å². The maximum absolute atomic E-state index is 2.54. The van der Waals surface area contributed by atoms with Crippen LogP contribution in [-0.2, 0) is 0 Å². The van der Waals surface area contributed by atoms with Crippen LogP contribution >= 0.6 is 0 Å². The van der Waals surface area contributed by atoms with Crippen LogP contribution in [0.5, 0.6) is 0 Å². The van der Waals surface area contributed by atoms with Gasteiger partial charge < -0.3 is 0 Å². The lowest BCUT2D eigenvalue weighted by Gasteiger charge is -2.32. The molecule has 0 aromatic carbocycles. The molecule has 0 heteroatoms. The molecule has 1 spiro atoms. The van der Waals surface area contributed by atoms with Gasteiger partial charge in [0.1, 0.15) is 0 Å². The standard InChI is InChI=1S/C12H20/c1-2-5-9-12(8-4-1)10-6-3-7-11-12/h6,10H,1-5,7-9,11H2. The monoisotopic (exact) mass is 164 g/mol. The van der Waals surface area contributed by atoms with Crippen molar-refractivity contribution >= 4 is 0 Å². The molecule has 0 heterocycles. The Balaban J connectivity index is 2.05. The van der Waals surface area contributed by atoms with E-state index in [4.69, 9.17) is 0 Å². The highest BCUT2D eigenvalue weighted by atomic mass is 14.3. The first-order valence-corrected chi connectivity index (χ1v) is 5.59. The summed E-state index contributed by atoms with van der Waals surface area (Å²) in [6.07, 6.45) is 18.1. The van der Waals surface area contributed by atoms with Crippen LogP contribution < -0.4 is 0 Å². The van der Waals surface area contributed by atoms with E-state index in [0.29, 0.717) is 5.41 Å². The fourth-order valence-corrected chi connectivity index (χ4v) is 2.84. The third kappa shape index (κ3) is 1.73. The van der Waals surface area contributed by atoms with Crippen molar-refractivity contribution in [2.45, 2.75) is 57.8 Å². The molecular weight excluding hydrogens is 144 g/mol. The van der Waals surface area contributed by atoms with Crippen molar-refractivity contribution in [3.05, 3.63) is 12.2 Å². The summed E-state index contributed by atoms with van der Waals surface area (Å²) in [5.41, 5.74) is 0.661. The number of allylic oxidation sites excluding steroid dienone is 2. The van der Waals surface area contributed by atoms with Crippen LogP contribution in [0.2, 0.25) is 0 Å². The highest BCUT2D eigenvalue weighted by Crippen LogP contribution is 2.42. The lowest BCUT2D eigenvalue weighted by atomic mass is 9.73. The molecule has 0 aromatic rings. The first-order valence-electron chi connectivity index (χ1n) is 5.59. The second kappa shape index (κ2) is 3.64. The summed E-state index contributed by atoms with van der Waals surface area (Å²) in [5.74, 6) is 0. The summed E-state index contributed by atoms with van der Waals surface area (Å²) in [6, 6.07) is 0. The van der Waals surface area contributed by atoms with Crippen molar-refractivity contribution in [1.82, 2.24) is 0 Å². The molecule has 0 unspecified atom stereocenters. The lowest BCUT2D eigenvalue weighted by molar-refractivity contribution is 0.285. The van der Waals surface area contributed by atoms with E-state index in [9.17, 15) is 0 Å². The fourth-order valence-electron chi connectivity index (χ4n) is 2.84. The number of hydrogen-bond donors (Lipinski definition) is 0. The Labute approximate surface area is 76.1 Å². The topological polar surface area (TPSA) is 0 Å². The molecule has 68 valence electrons. The largest absolute Gasteiger partial charge is 0.0880 e. The van der Waals surface area contributed by atoms with Crippen LogP contribution in [0, 0.1) is 5.41 Å². The van der Waals surface area contributed by atoms with Crippen LogP contribution in [-0.4, -0.2) is 0 Å². The second-order valence-corrected chi connectivity index (χ2v) is 4.57. The smallest absolute Gasteiger partial charge is 0.0118 e. The molecule has 1 fully saturated rings. The minimum atomic E-state index is 0.661. The molecular formula is C12H20. The van der Waals surface area contributed by atoms with Crippen molar-refractivity contribution < 1.29 is 0 Å². The van der Waals surface area contributed by atoms with E-state index < -0.39 is 0 Å². The maximum atomic E-state index is 2.54. The predicted octanol–water partition coefficient (Wildman–Crippen LogP) is 4.07. The number of hydrogen-bond acceptors (Lipinski definition) is 0. The van der Waals surface area contributed by atoms with Crippen LogP contribution in [0.4, 0.5) is 0 Å². The van der Waals surface area contributed by atoms with Crippen molar-refractivity contribution in [1.29, 1.82) is 0 Å². The molecule has 2 aliphatic carbocycles. The molecule has 0 radical (unpaired) electrons. The Bertz CT molecular complexity index is 159. The van der Waals surface area contributed by atoms with Gasteiger partial charge >= 0.3 is 0 Å². The minimum Gasteiger partial charge on any atom is -0.0880 e. The molecule has 2 rings (SSSR count). The molecule has 0 saturated heterocycles. The number of rotatable bonds is 0. The van der Waals surface area contributed by atoms with E-state index in [1.807, 2.05) is 0 Å². The normalized spacial score (nSPS) is 28.7. The molecule has 0 amide bonds. The van der Waals surface area contributed by atoms with Gasteiger partial charge in [-0.1, -0.05) is 37.8 Å². The third-order valence-electron chi connectivity index (χ3n) is 3.62. The zero-order valence-corrected chi connectivity index (χ0v) is 8.02. The van der Waals surface area contributed by atoms with Crippen molar-refractivity contribution in [3.63, 3.8) is 0 Å². The third-order valence-corrected chi connectivity index (χ3v) is 3.62. The zero-order valence-electron chi connectivity index (χ0n) is 8.02. The Hall–Kier alpha value is -0.260. The molecule has 0 aromatic heterocycles. The van der Waals surface area contributed by atoms with E-state index in [1.165, 1.54) is 57.8 Å². The van der Waals surface area contributed by atoms with E-state index in [0.717, 1.165) is 0 Å². The van der Waals surface area contributed by atoms with E-state index in [1.54, 1.807) is 0 Å². The first kappa shape index (κ1) is 8.34. The minimum absolute atomic E-state index is 0.661. The average molecular weight is 164 g/mol. The van der Waals surface area contributed by atoms with Gasteiger partial charge in [0.15, 0.2) is 0 Å². The summed E-state index contributed by atoms with van der Waals surface area (Å²) in [7, 11) is 0. The summed E-state index contributed by atoms with van der Waals surface area (Å²) < 4.78 is 0. The van der Waals surface area contributed by atoms with Gasteiger partial charge in [0.05, 0.1) is 0 Å². The summed E-state index contributed by atoms with van der Waals surface area (Å²) in [6.45, 7) is 0. The van der Waals surface area contributed by atoms with Crippen LogP contribution in [0.15, 0.2) is 12.2 Å². The van der Waals surface area contributed by atoms with Gasteiger partial charge in [0, 0.05) is 0 Å². The van der Waals surface area contributed by atoms with Gasteiger partial charge in [-0.2, -0.15) is 0 Å². The quantitative estimate of drug-likeness (QED) is 0.473. The van der Waals surface area contributed by atoms with Gasteiger partial charge in [-0.15, -0.1) is 0 Å². The Kier molecular flexibility index (Phi) is 2.53. The molecule has 2 aliphatic rings. The van der Waals surface area contributed by atoms with Gasteiger partial charge in [0.2, 0.25) is 0 Å². The van der Waals surface area contributed by atoms with Crippen LogP contribution in [0.1, 0.15) is 57.8 Å². The lowest BCUT2D eigenvalue weighted by Crippen LogP contribution is -2.18. The Morgan fingerprint density at radius 3 is 2.00 bits per heavy atom. The first-order chi connectivity index (χ1) is 5.91. The molecule has 0 aliphatic heterocycles. The van der Waals surface area contributed by atoms with Crippen LogP contribution in [0.25, 0.3) is 0 Å². The van der Waals surface area contributed by atoms with E-state index >= 15 is 0 Å². The molecule has 1 saturated carbocycles. The predicted molar refractivity (Wildman–Crippen MR) is 53.1 cm³/mol. The second-order valence-electron chi connectivity index (χ2n) is 4.57. The van der Waals surface area contributed by atoms with Crippen molar-refractivity contribution in [2.24, 2.45) is 5.41 Å². The molecule has 0 N–H and O–H groups in total. The van der Waals surface area contributed by atoms with Gasteiger partial charge in [0.25, 0.3) is 0 Å². The van der Waals surface area contributed by atoms with Crippen LogP contribution in [0.3, 0.4) is 0 Å². The Morgan fingerprint density at radius 1 is 0.750 bits per heavy atom. The Morgan fingerprint density at radius 2 is 1.42 bits per heavy atom. The van der Waals surface area contributed by atoms with Gasteiger partial charge in [-0.25, -0.2) is 0 Å². The van der Waals surface area contributed by atoms with Gasteiger partial charge in [-0.05, 0) is 37.5 Å². The highest BCUT2D eigenvalue weighted by Gasteiger charge is 2.28. The molecule has 0 atom stereocenters. The molecule has 12 heavy (non-hydrogen) atoms. The molecule has 0 bridgehead atoms. The fraction of sp³-hybridized carbons (Fsp3) is 0.833. The SMILES string of the molecule is C1=CC2(CCC1)CCCCCC2. The average Bonchev–Trinajstić information content (AvgIpc) is 2.33. The maximum Gasteiger partial charge on any atom is -0.0118 e. The summed E-state index contributed by atoms with van der Waals surface area (Å²) in [4.78, 5) is 0. The van der Waals surface area contributed by atoms with Crippen molar-refractivity contribution in [3.8, 4) is 0 Å². The van der Waals surface area contributed by atoms with Gasteiger partial charge in [-0.3, -0.25) is 0 Å². The molecule has 0 nitrogen and oxygen atoms in total. The summed E-state index contributed by atoms with van der Waals surface area (Å²) >= 11 is 0. The van der Waals surface area contributed by atoms with E-state index in [2.05, 4.69) is 12.2 Å². The highest BCUT2D eigenvalue weighted by molar-refractivity contribution is 5.03. The summed E-state index contributed by atoms with van der Waals surface area (Å²) in [5, 5.41) is 0. The zero-order chi connectivity index (χ0) is 8.28. The van der Waals surface area contributed by atoms with Crippen molar-refractivity contribution in [2.75, 3.05) is 0 Å².